The number of unbranched alkanes of at least 4 members (excludes halogenated alkanes) is 2. The fourth-order valence-corrected chi connectivity index (χ4v) is 1.94. The number of rotatable bonds is 8. The van der Waals surface area contributed by atoms with Crippen LogP contribution < -0.4 is 5.32 Å². The zero-order valence-electron chi connectivity index (χ0n) is 12.4. The van der Waals surface area contributed by atoms with Crippen LogP contribution in [0.3, 0.4) is 0 Å². The summed E-state index contributed by atoms with van der Waals surface area (Å²) in [5.74, 6) is -0.0463. The van der Waals surface area contributed by atoms with Gasteiger partial charge in [0.2, 0.25) is 5.91 Å². The van der Waals surface area contributed by atoms with Crippen LogP contribution in [0, 0.1) is 11.3 Å². The van der Waals surface area contributed by atoms with Crippen LogP contribution in [0.5, 0.6) is 0 Å². The summed E-state index contributed by atoms with van der Waals surface area (Å²) >= 11 is 0. The molecule has 1 amide bonds. The molecule has 0 spiro atoms. The summed E-state index contributed by atoms with van der Waals surface area (Å²) in [7, 11) is 2.03. The molecule has 0 unspecified atom stereocenters. The number of hydrogen-bond donors (Lipinski definition) is 1. The normalized spacial score (nSPS) is 10.3. The Bertz CT molecular complexity index is 465. The first-order valence-electron chi connectivity index (χ1n) is 7.15. The molecule has 0 aliphatic rings. The third-order valence-corrected chi connectivity index (χ3v) is 3.19. The molecule has 0 saturated carbocycles. The zero-order chi connectivity index (χ0) is 14.8. The number of anilines is 1. The minimum absolute atomic E-state index is 0.0463. The quantitative estimate of drug-likeness (QED) is 0.741. The van der Waals surface area contributed by atoms with Gasteiger partial charge in [-0.1, -0.05) is 31.9 Å². The van der Waals surface area contributed by atoms with Crippen LogP contribution in [-0.2, 0) is 4.79 Å². The second-order valence-corrected chi connectivity index (χ2v) is 4.97. The van der Waals surface area contributed by atoms with Gasteiger partial charge in [0.1, 0.15) is 6.07 Å². The molecule has 0 fully saturated rings. The van der Waals surface area contributed by atoms with Crippen LogP contribution >= 0.6 is 0 Å². The maximum absolute atomic E-state index is 11.9. The van der Waals surface area contributed by atoms with Crippen molar-refractivity contribution in [2.75, 3.05) is 25.5 Å². The summed E-state index contributed by atoms with van der Waals surface area (Å²) in [4.78, 5) is 14.0. The average molecular weight is 273 g/mol. The van der Waals surface area contributed by atoms with E-state index in [2.05, 4.69) is 23.2 Å². The van der Waals surface area contributed by atoms with E-state index in [-0.39, 0.29) is 5.91 Å². The standard InChI is InChI=1S/C16H23N3O/c1-3-4-7-11-19(2)12-10-16(20)18-15-9-6-5-8-14(15)13-17/h5-6,8-9H,3-4,7,10-12H2,1-2H3,(H,18,20). The molecule has 4 heteroatoms. The molecule has 0 bridgehead atoms. The predicted molar refractivity (Wildman–Crippen MR) is 81.4 cm³/mol. The molecule has 1 aromatic rings. The molecule has 0 heterocycles. The molecule has 1 aromatic carbocycles. The highest BCUT2D eigenvalue weighted by Gasteiger charge is 2.07. The lowest BCUT2D eigenvalue weighted by atomic mass is 10.2. The van der Waals surface area contributed by atoms with E-state index >= 15 is 0 Å². The summed E-state index contributed by atoms with van der Waals surface area (Å²) in [5, 5.41) is 11.8. The van der Waals surface area contributed by atoms with Crippen LogP contribution in [0.4, 0.5) is 5.69 Å². The lowest BCUT2D eigenvalue weighted by Crippen LogP contribution is -2.25. The monoisotopic (exact) mass is 273 g/mol. The molecule has 1 N–H and O–H groups in total. The van der Waals surface area contributed by atoms with Crippen molar-refractivity contribution in [1.29, 1.82) is 5.26 Å². The molecule has 4 nitrogen and oxygen atoms in total. The molecule has 0 saturated heterocycles. The van der Waals surface area contributed by atoms with Crippen LogP contribution in [-0.4, -0.2) is 30.9 Å². The largest absolute Gasteiger partial charge is 0.325 e. The number of benzene rings is 1. The van der Waals surface area contributed by atoms with Crippen molar-refractivity contribution in [2.45, 2.75) is 32.6 Å². The highest BCUT2D eigenvalue weighted by molar-refractivity contribution is 5.92. The molecular weight excluding hydrogens is 250 g/mol. The molecule has 0 aliphatic heterocycles. The number of nitrogens with zero attached hydrogens (tertiary/aromatic N) is 2. The summed E-state index contributed by atoms with van der Waals surface area (Å²) in [6, 6.07) is 9.13. The van der Waals surface area contributed by atoms with Gasteiger partial charge in [0.25, 0.3) is 0 Å². The first kappa shape index (κ1) is 16.2. The maximum atomic E-state index is 11.9. The molecular formula is C16H23N3O. The van der Waals surface area contributed by atoms with E-state index in [1.807, 2.05) is 13.1 Å². The van der Waals surface area contributed by atoms with Gasteiger partial charge in [-0.15, -0.1) is 0 Å². The Kier molecular flexibility index (Phi) is 7.38. The SMILES string of the molecule is CCCCCN(C)CCC(=O)Nc1ccccc1C#N. The van der Waals surface area contributed by atoms with E-state index < -0.39 is 0 Å². The van der Waals surface area contributed by atoms with Crippen molar-refractivity contribution < 1.29 is 4.79 Å². The highest BCUT2D eigenvalue weighted by Crippen LogP contribution is 2.13. The minimum atomic E-state index is -0.0463. The number of carbonyl (C=O) groups is 1. The Labute approximate surface area is 121 Å². The van der Waals surface area contributed by atoms with Crippen molar-refractivity contribution in [1.82, 2.24) is 4.90 Å². The fraction of sp³-hybridized carbons (Fsp3) is 0.500. The fourth-order valence-electron chi connectivity index (χ4n) is 1.94. The third kappa shape index (κ3) is 5.85. The van der Waals surface area contributed by atoms with Gasteiger partial charge < -0.3 is 10.2 Å². The molecule has 0 aliphatic carbocycles. The van der Waals surface area contributed by atoms with Gasteiger partial charge in [0.15, 0.2) is 0 Å². The summed E-state index contributed by atoms with van der Waals surface area (Å²) in [6.07, 6.45) is 4.06. The Hall–Kier alpha value is -1.86. The first-order chi connectivity index (χ1) is 9.67. The lowest BCUT2D eigenvalue weighted by molar-refractivity contribution is -0.116. The average Bonchev–Trinajstić information content (AvgIpc) is 2.46. The maximum Gasteiger partial charge on any atom is 0.225 e. The van der Waals surface area contributed by atoms with Gasteiger partial charge in [-0.2, -0.15) is 5.26 Å². The van der Waals surface area contributed by atoms with Crippen molar-refractivity contribution >= 4 is 11.6 Å². The van der Waals surface area contributed by atoms with Crippen LogP contribution in [0.1, 0.15) is 38.2 Å². The minimum Gasteiger partial charge on any atom is -0.325 e. The Morgan fingerprint density at radius 1 is 1.30 bits per heavy atom. The second-order valence-electron chi connectivity index (χ2n) is 4.97. The van der Waals surface area contributed by atoms with Crippen LogP contribution in [0.15, 0.2) is 24.3 Å². The van der Waals surface area contributed by atoms with E-state index in [0.29, 0.717) is 17.7 Å². The third-order valence-electron chi connectivity index (χ3n) is 3.19. The van der Waals surface area contributed by atoms with E-state index in [1.54, 1.807) is 18.2 Å². The lowest BCUT2D eigenvalue weighted by Gasteiger charge is -2.16. The second kappa shape index (κ2) is 9.11. The van der Waals surface area contributed by atoms with Crippen molar-refractivity contribution in [3.05, 3.63) is 29.8 Å². The van der Waals surface area contributed by atoms with Gasteiger partial charge in [-0.05, 0) is 32.1 Å². The number of carbonyl (C=O) groups excluding carboxylic acids is 1. The van der Waals surface area contributed by atoms with Gasteiger partial charge in [-0.3, -0.25) is 4.79 Å². The molecule has 108 valence electrons. The number of nitrogens with one attached hydrogen (secondary N) is 1. The van der Waals surface area contributed by atoms with E-state index in [4.69, 9.17) is 5.26 Å². The number of para-hydroxylation sites is 1. The zero-order valence-corrected chi connectivity index (χ0v) is 12.4. The smallest absolute Gasteiger partial charge is 0.225 e. The Morgan fingerprint density at radius 2 is 2.05 bits per heavy atom. The van der Waals surface area contributed by atoms with E-state index in [9.17, 15) is 4.79 Å². The topological polar surface area (TPSA) is 56.1 Å². The molecule has 0 radical (unpaired) electrons. The first-order valence-corrected chi connectivity index (χ1v) is 7.15. The number of hydrogen-bond acceptors (Lipinski definition) is 3. The Morgan fingerprint density at radius 3 is 2.75 bits per heavy atom. The number of nitriles is 1. The van der Waals surface area contributed by atoms with Gasteiger partial charge in [0, 0.05) is 13.0 Å². The molecule has 1 rings (SSSR count). The predicted octanol–water partition coefficient (Wildman–Crippen LogP) is 3.01. The van der Waals surface area contributed by atoms with Crippen molar-refractivity contribution in [3.8, 4) is 6.07 Å². The summed E-state index contributed by atoms with van der Waals surface area (Å²) in [6.45, 7) is 3.94. The van der Waals surface area contributed by atoms with Gasteiger partial charge in [-0.25, -0.2) is 0 Å². The van der Waals surface area contributed by atoms with E-state index in [1.165, 1.54) is 19.3 Å². The highest BCUT2D eigenvalue weighted by atomic mass is 16.1. The molecule has 20 heavy (non-hydrogen) atoms. The van der Waals surface area contributed by atoms with Crippen molar-refractivity contribution in [2.24, 2.45) is 0 Å². The molecule has 0 aromatic heterocycles. The summed E-state index contributed by atoms with van der Waals surface area (Å²) in [5.41, 5.74) is 1.09. The van der Waals surface area contributed by atoms with Crippen LogP contribution in [0.2, 0.25) is 0 Å². The van der Waals surface area contributed by atoms with Crippen molar-refractivity contribution in [3.63, 3.8) is 0 Å². The van der Waals surface area contributed by atoms with Gasteiger partial charge in [0.05, 0.1) is 11.3 Å². The summed E-state index contributed by atoms with van der Waals surface area (Å²) < 4.78 is 0. The Balaban J connectivity index is 2.35. The van der Waals surface area contributed by atoms with Crippen LogP contribution in [0.25, 0.3) is 0 Å². The molecule has 0 atom stereocenters. The number of amides is 1. The van der Waals surface area contributed by atoms with E-state index in [0.717, 1.165) is 13.1 Å². The van der Waals surface area contributed by atoms with Gasteiger partial charge >= 0.3 is 0 Å².